The predicted octanol–water partition coefficient (Wildman–Crippen LogP) is 2.25. The van der Waals surface area contributed by atoms with E-state index in [9.17, 15) is 27.9 Å². The fourth-order valence-electron chi connectivity index (χ4n) is 4.12. The molecule has 2 N–H and O–H groups in total. The van der Waals surface area contributed by atoms with Gasteiger partial charge < -0.3 is 19.9 Å². The number of aromatic nitrogens is 1. The lowest BCUT2D eigenvalue weighted by molar-refractivity contribution is -0.155. The lowest BCUT2D eigenvalue weighted by Crippen LogP contribution is -2.56. The van der Waals surface area contributed by atoms with Crippen LogP contribution in [0.2, 0.25) is 0 Å². The zero-order chi connectivity index (χ0) is 25.3. The number of methoxy groups -OCH3 is 1. The molecule has 0 saturated carbocycles. The quantitative estimate of drug-likeness (QED) is 0.450. The van der Waals surface area contributed by atoms with E-state index in [2.05, 4.69) is 15.3 Å². The second-order valence-corrected chi connectivity index (χ2v) is 8.71. The van der Waals surface area contributed by atoms with Crippen molar-refractivity contribution in [2.75, 3.05) is 26.8 Å². The molecule has 0 spiro atoms. The predicted molar refractivity (Wildman–Crippen MR) is 118 cm³/mol. The lowest BCUT2D eigenvalue weighted by Gasteiger charge is -2.38. The number of rotatable bonds is 6. The normalized spacial score (nSPS) is 23.0. The number of carboxylic acids is 1. The molecule has 2 aromatic rings. The number of carbonyl (C=O) groups excluding carboxylic acids is 1. The highest BCUT2D eigenvalue weighted by atomic mass is 32.1. The molecule has 0 radical (unpaired) electrons. The number of carbonyl (C=O) groups is 2. The van der Waals surface area contributed by atoms with Crippen LogP contribution in [0.15, 0.2) is 40.0 Å². The van der Waals surface area contributed by atoms with E-state index in [0.717, 1.165) is 19.2 Å². The number of hydrogen-bond acceptors (Lipinski definition) is 9. The minimum atomic E-state index is -1.70. The van der Waals surface area contributed by atoms with Gasteiger partial charge in [-0.3, -0.25) is 14.7 Å². The molecule has 0 unspecified atom stereocenters. The van der Waals surface area contributed by atoms with Gasteiger partial charge in [-0.15, -0.1) is 11.3 Å². The van der Waals surface area contributed by atoms with E-state index >= 15 is 0 Å². The molecule has 2 aliphatic rings. The highest BCUT2D eigenvalue weighted by molar-refractivity contribution is 7.11. The summed E-state index contributed by atoms with van der Waals surface area (Å²) in [5, 5.41) is 14.8. The van der Waals surface area contributed by atoms with Crippen LogP contribution in [0, 0.1) is 17.5 Å². The minimum absolute atomic E-state index is 0.0959. The summed E-state index contributed by atoms with van der Waals surface area (Å²) in [5.74, 6) is -6.44. The molecule has 1 aromatic carbocycles. The number of amidine groups is 1. The Morgan fingerprint density at radius 3 is 2.74 bits per heavy atom. The molecule has 35 heavy (non-hydrogen) atoms. The fourth-order valence-corrected chi connectivity index (χ4v) is 4.70. The molecule has 2 aliphatic heterocycles. The number of hydrogen-bond donors (Lipinski definition) is 2. The van der Waals surface area contributed by atoms with Gasteiger partial charge in [-0.1, -0.05) is 6.07 Å². The van der Waals surface area contributed by atoms with Crippen LogP contribution in [0.25, 0.3) is 0 Å². The van der Waals surface area contributed by atoms with Gasteiger partial charge in [-0.25, -0.2) is 22.9 Å². The number of thiazole rings is 1. The molecule has 1 saturated heterocycles. The number of aliphatic imine (C=N–C) groups is 1. The third-order valence-electron chi connectivity index (χ3n) is 5.74. The second kappa shape index (κ2) is 10.1. The van der Waals surface area contributed by atoms with E-state index in [0.29, 0.717) is 5.01 Å². The third kappa shape index (κ3) is 4.79. The molecule has 13 heteroatoms. The van der Waals surface area contributed by atoms with Gasteiger partial charge in [0.15, 0.2) is 28.3 Å². The van der Waals surface area contributed by atoms with Crippen molar-refractivity contribution in [1.29, 1.82) is 0 Å². The summed E-state index contributed by atoms with van der Waals surface area (Å²) in [6.07, 6.45) is 0.874. The van der Waals surface area contributed by atoms with Crippen molar-refractivity contribution in [3.05, 3.63) is 63.0 Å². The Morgan fingerprint density at radius 2 is 2.09 bits per heavy atom. The Morgan fingerprint density at radius 1 is 1.31 bits per heavy atom. The van der Waals surface area contributed by atoms with Gasteiger partial charge in [0.25, 0.3) is 0 Å². The summed E-state index contributed by atoms with van der Waals surface area (Å²) < 4.78 is 53.0. The first-order chi connectivity index (χ1) is 16.7. The van der Waals surface area contributed by atoms with Crippen molar-refractivity contribution in [1.82, 2.24) is 15.2 Å². The smallest absolute Gasteiger partial charge is 0.338 e. The summed E-state index contributed by atoms with van der Waals surface area (Å²) in [7, 11) is 1.11. The molecule has 186 valence electrons. The SMILES string of the molecule is COC(=O)C1=C(CN2CCO[C@H](C)[C@H]2C(=O)O)NC(c2nccs2)=N[C@H]1c1ccc(F)c(F)c1F. The van der Waals surface area contributed by atoms with Gasteiger partial charge in [0.05, 0.1) is 25.4 Å². The number of halogens is 3. The van der Waals surface area contributed by atoms with Gasteiger partial charge in [0.2, 0.25) is 0 Å². The Bertz CT molecular complexity index is 1200. The van der Waals surface area contributed by atoms with Crippen molar-refractivity contribution in [3.8, 4) is 0 Å². The first-order valence-corrected chi connectivity index (χ1v) is 11.4. The molecule has 4 rings (SSSR count). The summed E-state index contributed by atoms with van der Waals surface area (Å²) in [5.41, 5.74) is -0.380. The van der Waals surface area contributed by atoms with Crippen molar-refractivity contribution >= 4 is 29.1 Å². The van der Waals surface area contributed by atoms with E-state index in [1.165, 1.54) is 17.5 Å². The monoisotopic (exact) mass is 510 g/mol. The van der Waals surface area contributed by atoms with Gasteiger partial charge in [-0.05, 0) is 13.0 Å². The maximum atomic E-state index is 14.9. The Hall–Kier alpha value is -3.29. The number of morpholine rings is 1. The topological polar surface area (TPSA) is 113 Å². The van der Waals surface area contributed by atoms with Crippen molar-refractivity contribution in [2.45, 2.75) is 25.1 Å². The van der Waals surface area contributed by atoms with Crippen molar-refractivity contribution in [2.24, 2.45) is 4.99 Å². The Labute approximate surface area is 201 Å². The van der Waals surface area contributed by atoms with E-state index in [-0.39, 0.29) is 42.4 Å². The minimum Gasteiger partial charge on any atom is -0.480 e. The Balaban J connectivity index is 1.86. The molecule has 3 heterocycles. The third-order valence-corrected chi connectivity index (χ3v) is 6.52. The molecule has 3 atom stereocenters. The lowest BCUT2D eigenvalue weighted by atomic mass is 9.94. The summed E-state index contributed by atoms with van der Waals surface area (Å²) >= 11 is 1.21. The zero-order valence-corrected chi connectivity index (χ0v) is 19.4. The van der Waals surface area contributed by atoms with E-state index < -0.39 is 47.6 Å². The summed E-state index contributed by atoms with van der Waals surface area (Å²) in [4.78, 5) is 35.0. The number of ether oxygens (including phenoxy) is 2. The van der Waals surface area contributed by atoms with Crippen LogP contribution in [0.5, 0.6) is 0 Å². The van der Waals surface area contributed by atoms with Crippen molar-refractivity contribution < 1.29 is 37.3 Å². The molecule has 1 fully saturated rings. The van der Waals surface area contributed by atoms with Crippen LogP contribution in [-0.2, 0) is 19.1 Å². The standard InChI is InChI=1S/C22H21F3N4O5S/c1-10-18(21(30)31)29(6-7-34-10)9-13-14(22(32)33-2)17(11-3-4-12(23)16(25)15(11)24)28-19(27-13)20-26-5-8-35-20/h3-5,8,10,17-18H,6-7,9H2,1-2H3,(H,27,28)(H,30,31)/t10-,17+,18+/m1/s1. The second-order valence-electron chi connectivity index (χ2n) is 7.82. The van der Waals surface area contributed by atoms with Crippen LogP contribution in [0.4, 0.5) is 13.2 Å². The summed E-state index contributed by atoms with van der Waals surface area (Å²) in [6, 6.07) is -0.691. The zero-order valence-electron chi connectivity index (χ0n) is 18.6. The van der Waals surface area contributed by atoms with Gasteiger partial charge in [0.1, 0.15) is 12.1 Å². The van der Waals surface area contributed by atoms with Gasteiger partial charge in [0, 0.05) is 35.9 Å². The molecular weight excluding hydrogens is 489 g/mol. The van der Waals surface area contributed by atoms with Crippen LogP contribution in [-0.4, -0.2) is 71.7 Å². The first kappa shape index (κ1) is 24.8. The highest BCUT2D eigenvalue weighted by Crippen LogP contribution is 2.35. The van der Waals surface area contributed by atoms with Crippen LogP contribution < -0.4 is 5.32 Å². The summed E-state index contributed by atoms with van der Waals surface area (Å²) in [6.45, 7) is 2.01. The maximum absolute atomic E-state index is 14.9. The molecular formula is C22H21F3N4O5S. The molecule has 0 amide bonds. The largest absolute Gasteiger partial charge is 0.480 e. The first-order valence-electron chi connectivity index (χ1n) is 10.5. The van der Waals surface area contributed by atoms with Crippen LogP contribution >= 0.6 is 11.3 Å². The number of aliphatic carboxylic acids is 1. The number of esters is 1. The van der Waals surface area contributed by atoms with Gasteiger partial charge in [-0.2, -0.15) is 0 Å². The number of benzene rings is 1. The fraction of sp³-hybridized carbons (Fsp3) is 0.364. The molecule has 1 aromatic heterocycles. The van der Waals surface area contributed by atoms with Crippen LogP contribution in [0.1, 0.15) is 23.5 Å². The molecule has 0 aliphatic carbocycles. The van der Waals surface area contributed by atoms with Crippen LogP contribution in [0.3, 0.4) is 0 Å². The molecule has 0 bridgehead atoms. The van der Waals surface area contributed by atoms with E-state index in [1.807, 2.05) is 0 Å². The number of nitrogens with one attached hydrogen (secondary N) is 1. The van der Waals surface area contributed by atoms with E-state index in [1.54, 1.807) is 17.2 Å². The number of carboxylic acid groups (broad SMARTS) is 1. The maximum Gasteiger partial charge on any atom is 0.338 e. The van der Waals surface area contributed by atoms with Crippen molar-refractivity contribution in [3.63, 3.8) is 0 Å². The van der Waals surface area contributed by atoms with E-state index in [4.69, 9.17) is 9.47 Å². The number of nitrogens with zero attached hydrogens (tertiary/aromatic N) is 3. The average Bonchev–Trinajstić information content (AvgIpc) is 3.37. The van der Waals surface area contributed by atoms with Gasteiger partial charge >= 0.3 is 11.9 Å². The Kier molecular flexibility index (Phi) is 7.19. The highest BCUT2D eigenvalue weighted by Gasteiger charge is 2.39. The molecule has 9 nitrogen and oxygen atoms in total. The average molecular weight is 510 g/mol.